The van der Waals surface area contributed by atoms with Gasteiger partial charge >= 0.3 is 0 Å². The van der Waals surface area contributed by atoms with Crippen molar-refractivity contribution < 1.29 is 9.47 Å². The Balaban J connectivity index is 2.09. The number of fused-ring (bicyclic) bond motifs is 2. The van der Waals surface area contributed by atoms with Crippen LogP contribution in [0.1, 0.15) is 26.1 Å². The van der Waals surface area contributed by atoms with Crippen molar-refractivity contribution in [1.29, 1.82) is 0 Å². The number of aromatic nitrogens is 2. The first-order valence-electron chi connectivity index (χ1n) is 7.68. The molecule has 1 aromatic heterocycles. The lowest BCUT2D eigenvalue weighted by Crippen LogP contribution is -2.23. The van der Waals surface area contributed by atoms with E-state index in [-0.39, 0.29) is 5.92 Å². The number of hydrogen-bond acceptors (Lipinski definition) is 4. The number of imidazole rings is 1. The zero-order valence-electron chi connectivity index (χ0n) is 13.0. The Morgan fingerprint density at radius 2 is 2.05 bits per heavy atom. The highest BCUT2D eigenvalue weighted by atomic mass is 32.1. The van der Waals surface area contributed by atoms with Crippen molar-refractivity contribution in [2.45, 2.75) is 33.2 Å². The van der Waals surface area contributed by atoms with E-state index in [9.17, 15) is 0 Å². The molecular formula is C16H21N3O2S. The van der Waals surface area contributed by atoms with E-state index >= 15 is 0 Å². The molecular weight excluding hydrogens is 298 g/mol. The van der Waals surface area contributed by atoms with E-state index in [0.717, 1.165) is 47.7 Å². The first-order chi connectivity index (χ1) is 10.6. The third kappa shape index (κ3) is 2.75. The molecule has 1 unspecified atom stereocenters. The molecule has 0 saturated heterocycles. The molecule has 0 aliphatic carbocycles. The smallest absolute Gasteiger partial charge is 0.163 e. The number of aryl methyl sites for hydroxylation is 1. The van der Waals surface area contributed by atoms with Crippen molar-refractivity contribution in [1.82, 2.24) is 9.55 Å². The van der Waals surface area contributed by atoms with Gasteiger partial charge in [0.1, 0.15) is 19.0 Å². The predicted octanol–water partition coefficient (Wildman–Crippen LogP) is 2.68. The second kappa shape index (κ2) is 6.12. The van der Waals surface area contributed by atoms with Crippen LogP contribution in [-0.2, 0) is 13.0 Å². The zero-order valence-corrected chi connectivity index (χ0v) is 13.8. The lowest BCUT2D eigenvalue weighted by Gasteiger charge is -2.19. The summed E-state index contributed by atoms with van der Waals surface area (Å²) >= 11 is 5.12. The fourth-order valence-electron chi connectivity index (χ4n) is 2.69. The summed E-state index contributed by atoms with van der Waals surface area (Å²) in [5.41, 5.74) is 7.77. The maximum atomic E-state index is 5.78. The molecule has 1 atom stereocenters. The van der Waals surface area contributed by atoms with Crippen molar-refractivity contribution in [2.24, 2.45) is 11.7 Å². The summed E-state index contributed by atoms with van der Waals surface area (Å²) in [6, 6.07) is 3.98. The summed E-state index contributed by atoms with van der Waals surface area (Å²) in [6.07, 6.45) is 1.96. The second-order valence-electron chi connectivity index (χ2n) is 5.68. The molecule has 22 heavy (non-hydrogen) atoms. The van der Waals surface area contributed by atoms with Crippen LogP contribution >= 0.6 is 12.2 Å². The van der Waals surface area contributed by atoms with Crippen molar-refractivity contribution >= 4 is 28.2 Å². The lowest BCUT2D eigenvalue weighted by atomic mass is 10.1. The SMILES string of the molecule is CCCc1nc2cc3c(cc2n1CC(C)C(N)=S)OCCO3. The van der Waals surface area contributed by atoms with Crippen LogP contribution in [0.2, 0.25) is 0 Å². The Kier molecular flexibility index (Phi) is 4.20. The number of nitrogens with two attached hydrogens (primary N) is 1. The number of hydrogen-bond donors (Lipinski definition) is 1. The zero-order chi connectivity index (χ0) is 15.7. The van der Waals surface area contributed by atoms with Crippen molar-refractivity contribution in [3.05, 3.63) is 18.0 Å². The largest absolute Gasteiger partial charge is 0.486 e. The molecule has 1 aromatic carbocycles. The fourth-order valence-corrected chi connectivity index (χ4v) is 2.77. The quantitative estimate of drug-likeness (QED) is 0.859. The maximum Gasteiger partial charge on any atom is 0.163 e. The monoisotopic (exact) mass is 319 g/mol. The molecule has 2 heterocycles. The van der Waals surface area contributed by atoms with E-state index < -0.39 is 0 Å². The van der Waals surface area contributed by atoms with E-state index in [2.05, 4.69) is 11.5 Å². The third-order valence-electron chi connectivity index (χ3n) is 3.91. The number of ether oxygens (including phenoxy) is 2. The highest BCUT2D eigenvalue weighted by Gasteiger charge is 2.19. The summed E-state index contributed by atoms with van der Waals surface area (Å²) in [7, 11) is 0. The highest BCUT2D eigenvalue weighted by Crippen LogP contribution is 2.35. The molecule has 0 spiro atoms. The first-order valence-corrected chi connectivity index (χ1v) is 8.09. The standard InChI is InChI=1S/C16H21N3O2S/c1-3-4-15-18-11-7-13-14(21-6-5-20-13)8-12(11)19(15)9-10(2)16(17)22/h7-8,10H,3-6,9H2,1-2H3,(H2,17,22). The van der Waals surface area contributed by atoms with Gasteiger partial charge in [0.2, 0.25) is 0 Å². The van der Waals surface area contributed by atoms with Gasteiger partial charge < -0.3 is 19.8 Å². The summed E-state index contributed by atoms with van der Waals surface area (Å²) in [5, 5.41) is 0. The van der Waals surface area contributed by atoms with Crippen LogP contribution in [0.5, 0.6) is 11.5 Å². The minimum atomic E-state index is 0.121. The Bertz CT molecular complexity index is 711. The molecule has 0 fully saturated rings. The van der Waals surface area contributed by atoms with Crippen molar-refractivity contribution in [2.75, 3.05) is 13.2 Å². The van der Waals surface area contributed by atoms with Crippen LogP contribution in [0.4, 0.5) is 0 Å². The van der Waals surface area contributed by atoms with Gasteiger partial charge in [-0.1, -0.05) is 26.1 Å². The maximum absolute atomic E-state index is 5.78. The molecule has 0 saturated carbocycles. The van der Waals surface area contributed by atoms with Crippen LogP contribution in [0.25, 0.3) is 11.0 Å². The average molecular weight is 319 g/mol. The van der Waals surface area contributed by atoms with E-state index in [1.807, 2.05) is 19.1 Å². The molecule has 2 aromatic rings. The molecule has 0 bridgehead atoms. The molecule has 1 aliphatic rings. The molecule has 0 amide bonds. The van der Waals surface area contributed by atoms with Gasteiger partial charge in [0, 0.05) is 31.0 Å². The van der Waals surface area contributed by atoms with Gasteiger partial charge in [-0.3, -0.25) is 0 Å². The number of benzene rings is 1. The highest BCUT2D eigenvalue weighted by molar-refractivity contribution is 7.80. The van der Waals surface area contributed by atoms with E-state index in [1.54, 1.807) is 0 Å². The lowest BCUT2D eigenvalue weighted by molar-refractivity contribution is 0.172. The van der Waals surface area contributed by atoms with Gasteiger partial charge in [-0.15, -0.1) is 0 Å². The van der Waals surface area contributed by atoms with Crippen LogP contribution in [-0.4, -0.2) is 27.8 Å². The Morgan fingerprint density at radius 1 is 1.36 bits per heavy atom. The minimum absolute atomic E-state index is 0.121. The Morgan fingerprint density at radius 3 is 2.68 bits per heavy atom. The van der Waals surface area contributed by atoms with Crippen molar-refractivity contribution in [3.8, 4) is 11.5 Å². The van der Waals surface area contributed by atoms with E-state index in [4.69, 9.17) is 32.4 Å². The molecule has 5 nitrogen and oxygen atoms in total. The van der Waals surface area contributed by atoms with Gasteiger partial charge in [-0.2, -0.15) is 0 Å². The van der Waals surface area contributed by atoms with Crippen LogP contribution in [0, 0.1) is 5.92 Å². The molecule has 6 heteroatoms. The van der Waals surface area contributed by atoms with Gasteiger partial charge in [0.05, 0.1) is 16.0 Å². The second-order valence-corrected chi connectivity index (χ2v) is 6.15. The predicted molar refractivity (Wildman–Crippen MR) is 90.7 cm³/mol. The third-order valence-corrected chi connectivity index (χ3v) is 4.31. The molecule has 3 rings (SSSR count). The normalized spacial score (nSPS) is 15.0. The van der Waals surface area contributed by atoms with Gasteiger partial charge in [-0.25, -0.2) is 4.98 Å². The van der Waals surface area contributed by atoms with Crippen LogP contribution in [0.15, 0.2) is 12.1 Å². The van der Waals surface area contributed by atoms with Gasteiger partial charge in [-0.05, 0) is 6.42 Å². The first kappa shape index (κ1) is 15.1. The number of rotatable bonds is 5. The number of nitrogens with zero attached hydrogens (tertiary/aromatic N) is 2. The summed E-state index contributed by atoms with van der Waals surface area (Å²) in [5.74, 6) is 2.74. The van der Waals surface area contributed by atoms with E-state index in [1.165, 1.54) is 0 Å². The molecule has 1 aliphatic heterocycles. The fraction of sp³-hybridized carbons (Fsp3) is 0.500. The topological polar surface area (TPSA) is 62.3 Å². The molecule has 2 N–H and O–H groups in total. The average Bonchev–Trinajstić information content (AvgIpc) is 2.82. The number of thiocarbonyl (C=S) groups is 1. The van der Waals surface area contributed by atoms with Crippen LogP contribution < -0.4 is 15.2 Å². The molecule has 118 valence electrons. The minimum Gasteiger partial charge on any atom is -0.486 e. The van der Waals surface area contributed by atoms with Crippen molar-refractivity contribution in [3.63, 3.8) is 0 Å². The molecule has 0 radical (unpaired) electrons. The summed E-state index contributed by atoms with van der Waals surface area (Å²) in [6.45, 7) is 6.10. The van der Waals surface area contributed by atoms with E-state index in [0.29, 0.717) is 18.2 Å². The van der Waals surface area contributed by atoms with Gasteiger partial charge in [0.15, 0.2) is 11.5 Å². The summed E-state index contributed by atoms with van der Waals surface area (Å²) < 4.78 is 13.5. The summed E-state index contributed by atoms with van der Waals surface area (Å²) in [4.78, 5) is 5.30. The Hall–Kier alpha value is -1.82. The van der Waals surface area contributed by atoms with Crippen LogP contribution in [0.3, 0.4) is 0 Å². The van der Waals surface area contributed by atoms with Gasteiger partial charge in [0.25, 0.3) is 0 Å². The Labute approximate surface area is 135 Å².